The molecule has 0 aliphatic carbocycles. The topological polar surface area (TPSA) is 41.6 Å². The molecule has 0 fully saturated rings. The maximum absolute atomic E-state index is 13.1. The van der Waals surface area contributed by atoms with Gasteiger partial charge in [0.1, 0.15) is 11.9 Å². The minimum absolute atomic E-state index is 0.0146. The number of fused-ring (bicyclic) bond motifs is 2. The monoisotopic (exact) mass is 344 g/mol. The molecule has 1 aliphatic heterocycles. The Morgan fingerprint density at radius 3 is 2.69 bits per heavy atom. The third kappa shape index (κ3) is 2.51. The summed E-state index contributed by atoms with van der Waals surface area (Å²) in [5.41, 5.74) is 2.46. The number of hydrogen-bond acceptors (Lipinski definition) is 3. The number of amides is 1. The first-order chi connectivity index (χ1) is 12.7. The fourth-order valence-electron chi connectivity index (χ4n) is 3.58. The summed E-state index contributed by atoms with van der Waals surface area (Å²) < 4.78 is 5.65. The second kappa shape index (κ2) is 6.56. The number of methoxy groups -OCH3 is 1. The molecule has 130 valence electrons. The fourth-order valence-corrected chi connectivity index (χ4v) is 3.58. The minimum atomic E-state index is -0.337. The number of carbonyl (C=O) groups is 1. The Kier molecular flexibility index (Phi) is 4.09. The van der Waals surface area contributed by atoms with Crippen molar-refractivity contribution >= 4 is 22.4 Å². The molecule has 0 spiro atoms. The lowest BCUT2D eigenvalue weighted by Crippen LogP contribution is -2.43. The van der Waals surface area contributed by atoms with Gasteiger partial charge in [0, 0.05) is 17.8 Å². The summed E-state index contributed by atoms with van der Waals surface area (Å²) in [5, 5.41) is 5.69. The van der Waals surface area contributed by atoms with Crippen LogP contribution in [0.25, 0.3) is 10.8 Å². The summed E-state index contributed by atoms with van der Waals surface area (Å²) in [6.07, 6.45) is 1.41. The molecule has 1 heterocycles. The van der Waals surface area contributed by atoms with E-state index in [0.717, 1.165) is 27.8 Å². The van der Waals surface area contributed by atoms with Gasteiger partial charge in [0.05, 0.1) is 12.7 Å². The number of anilines is 1. The zero-order valence-corrected chi connectivity index (χ0v) is 14.6. The van der Waals surface area contributed by atoms with Gasteiger partial charge in [-0.1, -0.05) is 48.5 Å². The predicted octanol–water partition coefficient (Wildman–Crippen LogP) is 4.60. The van der Waals surface area contributed by atoms with Gasteiger partial charge < -0.3 is 15.0 Å². The quantitative estimate of drug-likeness (QED) is 0.703. The van der Waals surface area contributed by atoms with Crippen molar-refractivity contribution in [3.05, 3.63) is 84.4 Å². The number of carbonyl (C=O) groups excluding carboxylic acids is 1. The molecule has 0 saturated carbocycles. The molecule has 0 aromatic heterocycles. The second-order valence-electron chi connectivity index (χ2n) is 6.24. The molecule has 0 radical (unpaired) electrons. The molecule has 4 heteroatoms. The van der Waals surface area contributed by atoms with Gasteiger partial charge in [-0.2, -0.15) is 0 Å². The normalized spacial score (nSPS) is 16.1. The first-order valence-electron chi connectivity index (χ1n) is 8.57. The Balaban J connectivity index is 1.95. The molecule has 1 aliphatic rings. The highest BCUT2D eigenvalue weighted by Crippen LogP contribution is 2.40. The van der Waals surface area contributed by atoms with Crippen molar-refractivity contribution in [2.24, 2.45) is 0 Å². The Morgan fingerprint density at radius 1 is 1.12 bits per heavy atom. The van der Waals surface area contributed by atoms with E-state index >= 15 is 0 Å². The van der Waals surface area contributed by atoms with Gasteiger partial charge in [-0.05, 0) is 29.0 Å². The van der Waals surface area contributed by atoms with E-state index in [1.165, 1.54) is 0 Å². The highest BCUT2D eigenvalue weighted by molar-refractivity contribution is 6.02. The first-order valence-corrected chi connectivity index (χ1v) is 8.57. The van der Waals surface area contributed by atoms with Crippen LogP contribution in [0.3, 0.4) is 0 Å². The lowest BCUT2D eigenvalue weighted by Gasteiger charge is -2.38. The lowest BCUT2D eigenvalue weighted by atomic mass is 9.97. The zero-order chi connectivity index (χ0) is 18.1. The van der Waals surface area contributed by atoms with Crippen LogP contribution < -0.4 is 10.1 Å². The third-order valence-corrected chi connectivity index (χ3v) is 4.77. The summed E-state index contributed by atoms with van der Waals surface area (Å²) >= 11 is 0. The lowest BCUT2D eigenvalue weighted by molar-refractivity contribution is 0.0707. The fraction of sp³-hybridized carbons (Fsp3) is 0.136. The van der Waals surface area contributed by atoms with E-state index in [1.807, 2.05) is 48.5 Å². The van der Waals surface area contributed by atoms with Crippen LogP contribution in [0.5, 0.6) is 5.75 Å². The molecule has 0 bridgehead atoms. The molecule has 1 unspecified atom stereocenters. The summed E-state index contributed by atoms with van der Waals surface area (Å²) in [5.74, 6) is 0.738. The number of para-hydroxylation sites is 1. The average Bonchev–Trinajstić information content (AvgIpc) is 2.69. The number of nitrogens with zero attached hydrogens (tertiary/aromatic N) is 1. The predicted molar refractivity (Wildman–Crippen MR) is 105 cm³/mol. The van der Waals surface area contributed by atoms with E-state index in [9.17, 15) is 4.79 Å². The number of rotatable bonds is 4. The maximum atomic E-state index is 13.1. The Labute approximate surface area is 152 Å². The van der Waals surface area contributed by atoms with Crippen molar-refractivity contribution in [2.75, 3.05) is 19.0 Å². The second-order valence-corrected chi connectivity index (χ2v) is 6.24. The van der Waals surface area contributed by atoms with Gasteiger partial charge in [-0.25, -0.2) is 0 Å². The van der Waals surface area contributed by atoms with Crippen LogP contribution in [0.4, 0.5) is 5.69 Å². The van der Waals surface area contributed by atoms with E-state index in [1.54, 1.807) is 18.1 Å². The minimum Gasteiger partial charge on any atom is -0.496 e. The molecule has 3 aromatic rings. The van der Waals surface area contributed by atoms with Crippen molar-refractivity contribution in [3.63, 3.8) is 0 Å². The molecule has 1 atom stereocenters. The van der Waals surface area contributed by atoms with Gasteiger partial charge in [0.2, 0.25) is 0 Å². The molecule has 4 nitrogen and oxygen atoms in total. The molecular weight excluding hydrogens is 324 g/mol. The van der Waals surface area contributed by atoms with Gasteiger partial charge in [-0.3, -0.25) is 4.79 Å². The summed E-state index contributed by atoms with van der Waals surface area (Å²) in [6, 6.07) is 19.7. The van der Waals surface area contributed by atoms with E-state index in [-0.39, 0.29) is 12.1 Å². The van der Waals surface area contributed by atoms with Crippen molar-refractivity contribution < 1.29 is 9.53 Å². The van der Waals surface area contributed by atoms with Crippen LogP contribution in [0.2, 0.25) is 0 Å². The zero-order valence-electron chi connectivity index (χ0n) is 14.6. The first kappa shape index (κ1) is 16.2. The van der Waals surface area contributed by atoms with Crippen molar-refractivity contribution in [3.8, 4) is 5.75 Å². The Hall–Kier alpha value is -3.27. The standard InChI is InChI=1S/C22H20N2O2/c1-3-14-24-21(23-18-11-7-6-10-17(18)22(24)25)20-16-9-5-4-8-15(16)12-13-19(20)26-2/h3-13,21,23H,1,14H2,2H3. The van der Waals surface area contributed by atoms with Crippen LogP contribution in [-0.4, -0.2) is 24.5 Å². The number of nitrogens with one attached hydrogen (secondary N) is 1. The molecule has 3 aromatic carbocycles. The highest BCUT2D eigenvalue weighted by Gasteiger charge is 2.34. The number of ether oxygens (including phenoxy) is 1. The van der Waals surface area contributed by atoms with Crippen molar-refractivity contribution in [2.45, 2.75) is 6.17 Å². The van der Waals surface area contributed by atoms with Gasteiger partial charge in [0.25, 0.3) is 5.91 Å². The molecule has 4 rings (SSSR count). The summed E-state index contributed by atoms with van der Waals surface area (Å²) in [4.78, 5) is 14.9. The van der Waals surface area contributed by atoms with Crippen LogP contribution in [0.15, 0.2) is 73.3 Å². The number of benzene rings is 3. The van der Waals surface area contributed by atoms with Crippen LogP contribution in [0, 0.1) is 0 Å². The van der Waals surface area contributed by atoms with E-state index in [0.29, 0.717) is 12.1 Å². The molecular formula is C22H20N2O2. The van der Waals surface area contributed by atoms with Crippen LogP contribution in [-0.2, 0) is 0 Å². The average molecular weight is 344 g/mol. The van der Waals surface area contributed by atoms with E-state index in [4.69, 9.17) is 4.74 Å². The molecule has 0 saturated heterocycles. The largest absolute Gasteiger partial charge is 0.496 e. The summed E-state index contributed by atoms with van der Waals surface area (Å²) in [7, 11) is 1.66. The summed E-state index contributed by atoms with van der Waals surface area (Å²) in [6.45, 7) is 4.27. The third-order valence-electron chi connectivity index (χ3n) is 4.77. The SMILES string of the molecule is C=CCN1C(=O)c2ccccc2NC1c1c(OC)ccc2ccccc12. The maximum Gasteiger partial charge on any atom is 0.258 e. The van der Waals surface area contributed by atoms with Crippen molar-refractivity contribution in [1.29, 1.82) is 0 Å². The van der Waals surface area contributed by atoms with Crippen LogP contribution in [0.1, 0.15) is 22.1 Å². The number of hydrogen-bond donors (Lipinski definition) is 1. The molecule has 26 heavy (non-hydrogen) atoms. The van der Waals surface area contributed by atoms with Gasteiger partial charge in [-0.15, -0.1) is 6.58 Å². The van der Waals surface area contributed by atoms with Gasteiger partial charge in [0.15, 0.2) is 0 Å². The van der Waals surface area contributed by atoms with Crippen molar-refractivity contribution in [1.82, 2.24) is 4.90 Å². The van der Waals surface area contributed by atoms with Crippen LogP contribution >= 0.6 is 0 Å². The highest BCUT2D eigenvalue weighted by atomic mass is 16.5. The Morgan fingerprint density at radius 2 is 1.88 bits per heavy atom. The van der Waals surface area contributed by atoms with Gasteiger partial charge >= 0.3 is 0 Å². The Bertz CT molecular complexity index is 996. The molecule has 1 amide bonds. The van der Waals surface area contributed by atoms with E-state index in [2.05, 4.69) is 24.0 Å². The molecule has 1 N–H and O–H groups in total. The van der Waals surface area contributed by atoms with E-state index < -0.39 is 0 Å². The smallest absolute Gasteiger partial charge is 0.258 e.